The van der Waals surface area contributed by atoms with E-state index in [0.29, 0.717) is 82.9 Å². The van der Waals surface area contributed by atoms with E-state index in [1.165, 1.54) is 44.7 Å². The van der Waals surface area contributed by atoms with Gasteiger partial charge in [0, 0.05) is 74.2 Å². The Morgan fingerprint density at radius 3 is 2.41 bits per heavy atom. The van der Waals surface area contributed by atoms with E-state index in [9.17, 15) is 19.8 Å². The predicted molar refractivity (Wildman–Crippen MR) is 266 cm³/mol. The first kappa shape index (κ1) is 48.3. The molecule has 15 heteroatoms. The maximum absolute atomic E-state index is 17.2. The standard InChI is InChI=1S/C55H68F2N8O5/c1-4-41(52(69)60-34(3)67)38-9-11-46(58-29-38)36-12-20-64(21-13-36)39-27-54(28-39)17-22-63(23-18-54)32-55(15-16-55)33-70-53-61-50-44(51(62-53)65-19-6-7-35(31-65)14-24-66)30-59-49(48(50)57)43-26-40(68)25-37-8-10-45(56)42(5-2)47(37)43/h8-11,25-26,29-30,35-36,39,41,66,68H,4-7,12-24,27-28,31-33H2,1-3H3,(H,60,67,69). The molecule has 3 saturated heterocycles. The van der Waals surface area contributed by atoms with Crippen molar-refractivity contribution < 1.29 is 33.3 Å². The number of imide groups is 1. The lowest BCUT2D eigenvalue weighted by atomic mass is 9.59. The largest absolute Gasteiger partial charge is 0.508 e. The number of halogens is 2. The molecule has 13 nitrogen and oxygen atoms in total. The molecule has 70 heavy (non-hydrogen) atoms. The summed E-state index contributed by atoms with van der Waals surface area (Å²) in [5.74, 6) is -0.916. The van der Waals surface area contributed by atoms with Crippen LogP contribution in [0, 0.1) is 28.4 Å². The minimum Gasteiger partial charge on any atom is -0.508 e. The second kappa shape index (κ2) is 20.0. The number of carbonyl (C=O) groups excluding carboxylic acids is 2. The van der Waals surface area contributed by atoms with Crippen LogP contribution in [-0.4, -0.2) is 117 Å². The normalized spacial score (nSPS) is 21.2. The fraction of sp³-hybridized carbons (Fsp3) is 0.564. The van der Waals surface area contributed by atoms with Crippen LogP contribution >= 0.6 is 0 Å². The summed E-state index contributed by atoms with van der Waals surface area (Å²) in [7, 11) is 0. The molecule has 5 aliphatic rings. The number of piperidine rings is 3. The smallest absolute Gasteiger partial charge is 0.319 e. The molecule has 2 aromatic carbocycles. The number of hydrogen-bond donors (Lipinski definition) is 3. The fourth-order valence-electron chi connectivity index (χ4n) is 12.5. The third-order valence-corrected chi connectivity index (χ3v) is 16.7. The van der Waals surface area contributed by atoms with Gasteiger partial charge in [-0.1, -0.05) is 26.0 Å². The highest BCUT2D eigenvalue weighted by molar-refractivity contribution is 6.02. The van der Waals surface area contributed by atoms with E-state index in [-0.39, 0.29) is 58.6 Å². The molecule has 2 unspecified atom stereocenters. The van der Waals surface area contributed by atoms with Crippen molar-refractivity contribution in [3.05, 3.63) is 77.2 Å². The number of amides is 2. The minimum absolute atomic E-state index is 0.0209. The van der Waals surface area contributed by atoms with Crippen molar-refractivity contribution in [1.29, 1.82) is 0 Å². The fourth-order valence-corrected chi connectivity index (χ4v) is 12.5. The number of nitrogens with zero attached hydrogens (tertiary/aromatic N) is 7. The Balaban J connectivity index is 0.775. The molecular formula is C55H68F2N8O5. The number of benzene rings is 2. The van der Waals surface area contributed by atoms with Crippen molar-refractivity contribution in [2.75, 3.05) is 63.9 Å². The predicted octanol–water partition coefficient (Wildman–Crippen LogP) is 8.82. The highest BCUT2D eigenvalue weighted by Crippen LogP contribution is 2.53. The topological polar surface area (TPSA) is 157 Å². The van der Waals surface area contributed by atoms with Gasteiger partial charge >= 0.3 is 6.01 Å². The van der Waals surface area contributed by atoms with Crippen molar-refractivity contribution in [3.63, 3.8) is 0 Å². The first-order chi connectivity index (χ1) is 33.9. The van der Waals surface area contributed by atoms with Crippen LogP contribution < -0.4 is 15.0 Å². The number of carbonyl (C=O) groups is 2. The number of phenolic OH excluding ortho intramolecular Hbond substituents is 1. The summed E-state index contributed by atoms with van der Waals surface area (Å²) in [6.45, 7) is 12.3. The molecule has 3 N–H and O–H groups in total. The van der Waals surface area contributed by atoms with E-state index in [0.717, 1.165) is 89.1 Å². The van der Waals surface area contributed by atoms with Gasteiger partial charge in [0.05, 0.1) is 17.9 Å². The van der Waals surface area contributed by atoms with Crippen molar-refractivity contribution in [2.45, 2.75) is 122 Å². The summed E-state index contributed by atoms with van der Waals surface area (Å²) in [6.07, 6.45) is 16.1. The number of aryl methyl sites for hydroxylation is 1. The lowest BCUT2D eigenvalue weighted by Gasteiger charge is -2.56. The van der Waals surface area contributed by atoms with Crippen LogP contribution in [0.2, 0.25) is 0 Å². The quantitative estimate of drug-likeness (QED) is 0.0918. The number of aliphatic hydroxyl groups is 1. The van der Waals surface area contributed by atoms with Gasteiger partial charge in [0.1, 0.15) is 28.6 Å². The van der Waals surface area contributed by atoms with Crippen LogP contribution in [0.4, 0.5) is 14.6 Å². The number of likely N-dealkylation sites (tertiary alicyclic amines) is 2. The number of anilines is 1. The number of hydrogen-bond acceptors (Lipinski definition) is 12. The zero-order valence-corrected chi connectivity index (χ0v) is 41.0. The average molecular weight is 959 g/mol. The Labute approximate surface area is 409 Å². The van der Waals surface area contributed by atoms with Gasteiger partial charge in [0.15, 0.2) is 5.82 Å². The second-order valence-electron chi connectivity index (χ2n) is 21.4. The SMILES string of the molecule is CCc1c(F)ccc2cc(O)cc(-c3ncc4c(N5CCCC(CCO)C5)nc(OCC5(CN6CCC7(CC6)CC(N6CCC(c8ccc(C(CC)C(=O)NC(C)=O)cn8)CC6)C7)CC5)nc4c3F)c12. The molecule has 0 bridgehead atoms. The highest BCUT2D eigenvalue weighted by atomic mass is 19.1. The molecular weight excluding hydrogens is 891 g/mol. The molecule has 3 aliphatic heterocycles. The van der Waals surface area contributed by atoms with E-state index in [1.807, 2.05) is 26.1 Å². The molecule has 10 rings (SSSR count). The Bertz CT molecular complexity index is 2730. The number of rotatable bonds is 15. The summed E-state index contributed by atoms with van der Waals surface area (Å²) in [4.78, 5) is 50.6. The van der Waals surface area contributed by atoms with Gasteiger partial charge in [-0.15, -0.1) is 0 Å². The molecule has 6 heterocycles. The second-order valence-corrected chi connectivity index (χ2v) is 21.4. The molecule has 2 atom stereocenters. The van der Waals surface area contributed by atoms with Crippen LogP contribution in [-0.2, 0) is 16.0 Å². The summed E-state index contributed by atoms with van der Waals surface area (Å²) in [5.41, 5.74) is 3.10. The Hall–Kier alpha value is -5.38. The zero-order chi connectivity index (χ0) is 48.7. The van der Waals surface area contributed by atoms with E-state index < -0.39 is 11.6 Å². The first-order valence-corrected chi connectivity index (χ1v) is 25.9. The van der Waals surface area contributed by atoms with Gasteiger partial charge in [-0.3, -0.25) is 24.9 Å². The van der Waals surface area contributed by atoms with Gasteiger partial charge in [0.2, 0.25) is 11.8 Å². The van der Waals surface area contributed by atoms with Gasteiger partial charge in [-0.05, 0) is 167 Å². The molecule has 5 fully saturated rings. The summed E-state index contributed by atoms with van der Waals surface area (Å²) >= 11 is 0. The third-order valence-electron chi connectivity index (χ3n) is 16.7. The van der Waals surface area contributed by atoms with Crippen LogP contribution in [0.3, 0.4) is 0 Å². The lowest BCUT2D eigenvalue weighted by molar-refractivity contribution is -0.130. The third kappa shape index (κ3) is 9.82. The molecule has 3 aromatic heterocycles. The molecule has 5 aromatic rings. The van der Waals surface area contributed by atoms with E-state index in [1.54, 1.807) is 18.3 Å². The number of fused-ring (bicyclic) bond motifs is 2. The summed E-state index contributed by atoms with van der Waals surface area (Å²) < 4.78 is 38.9. The van der Waals surface area contributed by atoms with Crippen molar-refractivity contribution in [3.8, 4) is 23.0 Å². The molecule has 2 aliphatic carbocycles. The Morgan fingerprint density at radius 1 is 0.943 bits per heavy atom. The molecule has 1 spiro atoms. The highest BCUT2D eigenvalue weighted by Gasteiger charge is 2.50. The first-order valence-electron chi connectivity index (χ1n) is 25.9. The molecule has 2 amide bonds. The number of aromatic nitrogens is 4. The Morgan fingerprint density at radius 2 is 1.73 bits per heavy atom. The van der Waals surface area contributed by atoms with E-state index in [2.05, 4.69) is 31.1 Å². The van der Waals surface area contributed by atoms with Gasteiger partial charge < -0.3 is 29.6 Å². The van der Waals surface area contributed by atoms with E-state index in [4.69, 9.17) is 19.7 Å². The summed E-state index contributed by atoms with van der Waals surface area (Å²) in [6, 6.07) is 10.8. The number of aromatic hydroxyl groups is 1. The van der Waals surface area contributed by atoms with E-state index >= 15 is 8.78 Å². The number of nitrogens with one attached hydrogen (secondary N) is 1. The van der Waals surface area contributed by atoms with Gasteiger partial charge in [-0.2, -0.15) is 9.97 Å². The van der Waals surface area contributed by atoms with Crippen LogP contribution in [0.25, 0.3) is 32.9 Å². The number of ether oxygens (including phenoxy) is 1. The lowest BCUT2D eigenvalue weighted by Crippen LogP contribution is -2.56. The minimum atomic E-state index is -0.680. The van der Waals surface area contributed by atoms with Crippen molar-refractivity contribution in [2.24, 2.45) is 16.7 Å². The van der Waals surface area contributed by atoms with Crippen molar-refractivity contribution >= 4 is 39.3 Å². The number of phenols is 1. The molecule has 2 saturated carbocycles. The van der Waals surface area contributed by atoms with Crippen LogP contribution in [0.5, 0.6) is 11.8 Å². The van der Waals surface area contributed by atoms with Crippen LogP contribution in [0.15, 0.2) is 48.8 Å². The monoisotopic (exact) mass is 959 g/mol. The molecule has 0 radical (unpaired) electrons. The van der Waals surface area contributed by atoms with Gasteiger partial charge in [0.25, 0.3) is 0 Å². The number of pyridine rings is 2. The van der Waals surface area contributed by atoms with Crippen molar-refractivity contribution in [1.82, 2.24) is 35.1 Å². The van der Waals surface area contributed by atoms with Crippen LogP contribution in [0.1, 0.15) is 126 Å². The number of aliphatic hydroxyl groups excluding tert-OH is 1. The zero-order valence-electron chi connectivity index (χ0n) is 41.0. The molecule has 372 valence electrons. The maximum Gasteiger partial charge on any atom is 0.319 e. The van der Waals surface area contributed by atoms with Gasteiger partial charge in [-0.25, -0.2) is 8.78 Å². The summed E-state index contributed by atoms with van der Waals surface area (Å²) in [5, 5.41) is 24.5. The average Bonchev–Trinajstić information content (AvgIpc) is 4.12. The Kier molecular flexibility index (Phi) is 13.8. The maximum atomic E-state index is 17.2.